The van der Waals surface area contributed by atoms with Crippen molar-refractivity contribution >= 4 is 17.7 Å². The van der Waals surface area contributed by atoms with Gasteiger partial charge in [-0.25, -0.2) is 0 Å². The first-order valence-corrected chi connectivity index (χ1v) is 7.35. The van der Waals surface area contributed by atoms with Crippen molar-refractivity contribution in [2.45, 2.75) is 51.3 Å². The van der Waals surface area contributed by atoms with Crippen LogP contribution in [0.25, 0.3) is 0 Å². The first-order chi connectivity index (χ1) is 8.31. The number of hydrogen-bond acceptors (Lipinski definition) is 5. The standard InChI is InChI=1S/C12H25NO4S/c1-9(2)13-12(3,11(16)17)5-4-6-18-8-10(15)7-14/h9-10,13-15H,4-8H2,1-3H3,(H,16,17). The zero-order chi connectivity index (χ0) is 14.2. The van der Waals surface area contributed by atoms with Crippen molar-refractivity contribution in [3.05, 3.63) is 0 Å². The van der Waals surface area contributed by atoms with Crippen LogP contribution in [0, 0.1) is 0 Å². The van der Waals surface area contributed by atoms with Crippen LogP contribution >= 0.6 is 11.8 Å². The fourth-order valence-corrected chi connectivity index (χ4v) is 2.57. The van der Waals surface area contributed by atoms with Crippen molar-refractivity contribution in [1.29, 1.82) is 0 Å². The minimum absolute atomic E-state index is 0.120. The van der Waals surface area contributed by atoms with Crippen LogP contribution in [0.4, 0.5) is 0 Å². The maximum Gasteiger partial charge on any atom is 0.323 e. The third kappa shape index (κ3) is 7.20. The van der Waals surface area contributed by atoms with Crippen LogP contribution in [0.3, 0.4) is 0 Å². The lowest BCUT2D eigenvalue weighted by Crippen LogP contribution is -2.52. The van der Waals surface area contributed by atoms with Crippen molar-refractivity contribution in [2.75, 3.05) is 18.1 Å². The van der Waals surface area contributed by atoms with Crippen LogP contribution in [0.2, 0.25) is 0 Å². The van der Waals surface area contributed by atoms with Gasteiger partial charge < -0.3 is 15.3 Å². The zero-order valence-electron chi connectivity index (χ0n) is 11.3. The van der Waals surface area contributed by atoms with E-state index in [1.165, 1.54) is 11.8 Å². The van der Waals surface area contributed by atoms with Crippen LogP contribution in [-0.2, 0) is 4.79 Å². The molecule has 0 aliphatic rings. The molecule has 6 heteroatoms. The second-order valence-electron chi connectivity index (χ2n) is 4.95. The van der Waals surface area contributed by atoms with E-state index in [0.717, 1.165) is 12.2 Å². The molecule has 5 nitrogen and oxygen atoms in total. The summed E-state index contributed by atoms with van der Waals surface area (Å²) in [4.78, 5) is 11.2. The van der Waals surface area contributed by atoms with Crippen molar-refractivity contribution in [2.24, 2.45) is 0 Å². The molecule has 0 aliphatic heterocycles. The van der Waals surface area contributed by atoms with E-state index in [9.17, 15) is 9.90 Å². The molecule has 0 aliphatic carbocycles. The molecule has 0 rings (SSSR count). The highest BCUT2D eigenvalue weighted by Crippen LogP contribution is 2.16. The average Bonchev–Trinajstić information content (AvgIpc) is 2.27. The Bertz CT molecular complexity index is 250. The van der Waals surface area contributed by atoms with Crippen LogP contribution in [0.1, 0.15) is 33.6 Å². The lowest BCUT2D eigenvalue weighted by atomic mass is 9.95. The summed E-state index contributed by atoms with van der Waals surface area (Å²) in [7, 11) is 0. The van der Waals surface area contributed by atoms with E-state index in [1.807, 2.05) is 13.8 Å². The quantitative estimate of drug-likeness (QED) is 0.440. The number of aliphatic hydroxyl groups excluding tert-OH is 2. The number of hydrogen-bond donors (Lipinski definition) is 4. The van der Waals surface area contributed by atoms with Crippen LogP contribution in [0.5, 0.6) is 0 Å². The lowest BCUT2D eigenvalue weighted by molar-refractivity contribution is -0.144. The molecule has 0 amide bonds. The van der Waals surface area contributed by atoms with Crippen molar-refractivity contribution in [3.63, 3.8) is 0 Å². The van der Waals surface area contributed by atoms with Gasteiger partial charge in [0.2, 0.25) is 0 Å². The van der Waals surface area contributed by atoms with Gasteiger partial charge in [-0.1, -0.05) is 0 Å². The molecule has 0 saturated carbocycles. The van der Waals surface area contributed by atoms with Gasteiger partial charge >= 0.3 is 5.97 Å². The van der Waals surface area contributed by atoms with Gasteiger partial charge in [-0.15, -0.1) is 0 Å². The molecule has 0 aromatic heterocycles. The van der Waals surface area contributed by atoms with E-state index in [2.05, 4.69) is 5.32 Å². The summed E-state index contributed by atoms with van der Waals surface area (Å²) < 4.78 is 0. The minimum Gasteiger partial charge on any atom is -0.480 e. The number of aliphatic carboxylic acids is 1. The monoisotopic (exact) mass is 279 g/mol. The van der Waals surface area contributed by atoms with Gasteiger partial charge in [-0.3, -0.25) is 10.1 Å². The van der Waals surface area contributed by atoms with Crippen molar-refractivity contribution in [3.8, 4) is 0 Å². The van der Waals surface area contributed by atoms with Gasteiger partial charge in [0.1, 0.15) is 5.54 Å². The molecule has 108 valence electrons. The molecule has 2 atom stereocenters. The third-order valence-corrected chi connectivity index (χ3v) is 3.76. The molecule has 0 saturated heterocycles. The number of carboxylic acid groups (broad SMARTS) is 1. The minimum atomic E-state index is -0.898. The molecule has 0 aromatic carbocycles. The molecular weight excluding hydrogens is 254 g/mol. The van der Waals surface area contributed by atoms with Gasteiger partial charge in [0.05, 0.1) is 12.7 Å². The fraction of sp³-hybridized carbons (Fsp3) is 0.917. The van der Waals surface area contributed by atoms with Gasteiger partial charge in [0.15, 0.2) is 0 Å². The normalized spacial score (nSPS) is 16.6. The summed E-state index contributed by atoms with van der Waals surface area (Å²) in [5, 5.41) is 30.1. The maximum absolute atomic E-state index is 11.2. The number of aliphatic hydroxyl groups is 2. The molecule has 18 heavy (non-hydrogen) atoms. The van der Waals surface area contributed by atoms with Gasteiger partial charge in [0, 0.05) is 11.8 Å². The van der Waals surface area contributed by atoms with E-state index >= 15 is 0 Å². The number of carboxylic acids is 1. The van der Waals surface area contributed by atoms with E-state index in [1.54, 1.807) is 6.92 Å². The van der Waals surface area contributed by atoms with Crippen LogP contribution < -0.4 is 5.32 Å². The van der Waals surface area contributed by atoms with E-state index in [-0.39, 0.29) is 12.6 Å². The SMILES string of the molecule is CC(C)NC(C)(CCCSCC(O)CO)C(=O)O. The third-order valence-electron chi connectivity index (χ3n) is 2.57. The number of thioether (sulfide) groups is 1. The van der Waals surface area contributed by atoms with Gasteiger partial charge in [0.25, 0.3) is 0 Å². The summed E-state index contributed by atoms with van der Waals surface area (Å²) in [6.07, 6.45) is 0.614. The average molecular weight is 279 g/mol. The molecule has 0 aromatic rings. The molecule has 0 radical (unpaired) electrons. The highest BCUT2D eigenvalue weighted by Gasteiger charge is 2.32. The molecule has 2 unspecified atom stereocenters. The van der Waals surface area contributed by atoms with E-state index in [0.29, 0.717) is 12.2 Å². The smallest absolute Gasteiger partial charge is 0.323 e. The highest BCUT2D eigenvalue weighted by atomic mass is 32.2. The predicted molar refractivity (Wildman–Crippen MR) is 74.0 cm³/mol. The Kier molecular flexibility index (Phi) is 8.60. The highest BCUT2D eigenvalue weighted by molar-refractivity contribution is 7.99. The van der Waals surface area contributed by atoms with Gasteiger partial charge in [-0.2, -0.15) is 11.8 Å². The Balaban J connectivity index is 3.95. The number of carbonyl (C=O) groups is 1. The second-order valence-corrected chi connectivity index (χ2v) is 6.10. The van der Waals surface area contributed by atoms with Crippen molar-refractivity contribution in [1.82, 2.24) is 5.32 Å². The first kappa shape index (κ1) is 17.7. The van der Waals surface area contributed by atoms with Gasteiger partial charge in [-0.05, 0) is 39.4 Å². The predicted octanol–water partition coefficient (Wildman–Crippen LogP) is 0.694. The second kappa shape index (κ2) is 8.74. The lowest BCUT2D eigenvalue weighted by Gasteiger charge is -2.28. The van der Waals surface area contributed by atoms with Crippen LogP contribution in [-0.4, -0.2) is 57.1 Å². The molecule has 0 bridgehead atoms. The van der Waals surface area contributed by atoms with Crippen LogP contribution in [0.15, 0.2) is 0 Å². The van der Waals surface area contributed by atoms with E-state index < -0.39 is 17.6 Å². The summed E-state index contributed by atoms with van der Waals surface area (Å²) in [5.41, 5.74) is -0.898. The largest absolute Gasteiger partial charge is 0.480 e. The fourth-order valence-electron chi connectivity index (χ4n) is 1.68. The molecule has 4 N–H and O–H groups in total. The molecule has 0 spiro atoms. The Morgan fingerprint density at radius 1 is 1.44 bits per heavy atom. The Morgan fingerprint density at radius 3 is 2.50 bits per heavy atom. The Morgan fingerprint density at radius 2 is 2.06 bits per heavy atom. The first-order valence-electron chi connectivity index (χ1n) is 6.19. The number of nitrogens with one attached hydrogen (secondary N) is 1. The molecule has 0 heterocycles. The summed E-state index contributed by atoms with van der Waals surface area (Å²) in [5.74, 6) is 0.425. The summed E-state index contributed by atoms with van der Waals surface area (Å²) >= 11 is 1.53. The zero-order valence-corrected chi connectivity index (χ0v) is 12.2. The Hall–Kier alpha value is -0.300. The van der Waals surface area contributed by atoms with Crippen molar-refractivity contribution < 1.29 is 20.1 Å². The van der Waals surface area contributed by atoms with E-state index in [4.69, 9.17) is 10.2 Å². The summed E-state index contributed by atoms with van der Waals surface area (Å²) in [6.45, 7) is 5.32. The topological polar surface area (TPSA) is 89.8 Å². The molecule has 0 fully saturated rings. The Labute approximate surface area is 113 Å². The number of rotatable bonds is 10. The molecular formula is C12H25NO4S. The maximum atomic E-state index is 11.2. The summed E-state index contributed by atoms with van der Waals surface area (Å²) in [6, 6.07) is 0.120.